The standard InChI is InChI=1S/C15H18FNO/c16-14-9-5-4-8-13(14)15(18)17-11-10-12-6-2-1-3-7-12/h4-6,8-9H,1-3,7,10-11H2,(H,17,18). The van der Waals surface area contributed by atoms with E-state index < -0.39 is 5.82 Å². The number of carbonyl (C=O) groups is 1. The summed E-state index contributed by atoms with van der Waals surface area (Å²) in [5.41, 5.74) is 1.53. The van der Waals surface area contributed by atoms with Gasteiger partial charge in [-0.25, -0.2) is 4.39 Å². The van der Waals surface area contributed by atoms with Gasteiger partial charge in [-0.15, -0.1) is 0 Å². The number of amides is 1. The fraction of sp³-hybridized carbons (Fsp3) is 0.400. The summed E-state index contributed by atoms with van der Waals surface area (Å²) in [6.45, 7) is 0.582. The van der Waals surface area contributed by atoms with Crippen molar-refractivity contribution in [3.05, 3.63) is 47.3 Å². The van der Waals surface area contributed by atoms with Crippen molar-refractivity contribution in [2.45, 2.75) is 32.1 Å². The molecule has 0 fully saturated rings. The number of nitrogens with one attached hydrogen (secondary N) is 1. The third kappa shape index (κ3) is 3.42. The maximum absolute atomic E-state index is 13.3. The SMILES string of the molecule is O=C(NCCC1=CCCCC1)c1ccccc1F. The van der Waals surface area contributed by atoms with Crippen molar-refractivity contribution < 1.29 is 9.18 Å². The monoisotopic (exact) mass is 247 g/mol. The molecule has 0 unspecified atom stereocenters. The summed E-state index contributed by atoms with van der Waals surface area (Å²) < 4.78 is 13.3. The molecule has 0 aliphatic heterocycles. The molecule has 3 heteroatoms. The van der Waals surface area contributed by atoms with Gasteiger partial charge in [0.15, 0.2) is 0 Å². The zero-order chi connectivity index (χ0) is 12.8. The minimum atomic E-state index is -0.466. The van der Waals surface area contributed by atoms with Gasteiger partial charge in [-0.2, -0.15) is 0 Å². The van der Waals surface area contributed by atoms with Crippen LogP contribution in [0.1, 0.15) is 42.5 Å². The molecule has 1 aliphatic carbocycles. The van der Waals surface area contributed by atoms with Crippen molar-refractivity contribution in [2.24, 2.45) is 0 Å². The van der Waals surface area contributed by atoms with Crippen molar-refractivity contribution in [3.8, 4) is 0 Å². The van der Waals surface area contributed by atoms with Crippen LogP contribution in [0.5, 0.6) is 0 Å². The summed E-state index contributed by atoms with van der Waals surface area (Å²) in [5.74, 6) is -0.795. The number of hydrogen-bond acceptors (Lipinski definition) is 1. The van der Waals surface area contributed by atoms with E-state index in [1.54, 1.807) is 12.1 Å². The first-order chi connectivity index (χ1) is 8.77. The molecule has 0 spiro atoms. The summed E-state index contributed by atoms with van der Waals surface area (Å²) >= 11 is 0. The van der Waals surface area contributed by atoms with Crippen molar-refractivity contribution in [1.82, 2.24) is 5.32 Å². The lowest BCUT2D eigenvalue weighted by Gasteiger charge is -2.13. The fourth-order valence-electron chi connectivity index (χ4n) is 2.21. The molecule has 2 nitrogen and oxygen atoms in total. The topological polar surface area (TPSA) is 29.1 Å². The zero-order valence-electron chi connectivity index (χ0n) is 10.4. The second-order valence-electron chi connectivity index (χ2n) is 4.59. The minimum absolute atomic E-state index is 0.120. The molecule has 0 radical (unpaired) electrons. The van der Waals surface area contributed by atoms with Gasteiger partial charge in [0.05, 0.1) is 5.56 Å². The van der Waals surface area contributed by atoms with Gasteiger partial charge >= 0.3 is 0 Å². The zero-order valence-corrected chi connectivity index (χ0v) is 10.4. The molecule has 0 aromatic heterocycles. The molecule has 0 saturated carbocycles. The van der Waals surface area contributed by atoms with Gasteiger partial charge < -0.3 is 5.32 Å². The maximum Gasteiger partial charge on any atom is 0.254 e. The lowest BCUT2D eigenvalue weighted by atomic mass is 9.97. The average Bonchev–Trinajstić information content (AvgIpc) is 2.40. The van der Waals surface area contributed by atoms with Crippen LogP contribution in [0.25, 0.3) is 0 Å². The van der Waals surface area contributed by atoms with Gasteiger partial charge in [0, 0.05) is 6.54 Å². The summed E-state index contributed by atoms with van der Waals surface area (Å²) in [4.78, 5) is 11.7. The average molecular weight is 247 g/mol. The first-order valence-corrected chi connectivity index (χ1v) is 6.48. The Morgan fingerprint density at radius 3 is 2.83 bits per heavy atom. The van der Waals surface area contributed by atoms with E-state index in [0.717, 1.165) is 19.3 Å². The van der Waals surface area contributed by atoms with E-state index in [-0.39, 0.29) is 11.5 Å². The van der Waals surface area contributed by atoms with Crippen molar-refractivity contribution in [3.63, 3.8) is 0 Å². The number of rotatable bonds is 4. The van der Waals surface area contributed by atoms with Crippen LogP contribution >= 0.6 is 0 Å². The van der Waals surface area contributed by atoms with Gasteiger partial charge in [-0.3, -0.25) is 4.79 Å². The molecule has 0 bridgehead atoms. The number of hydrogen-bond donors (Lipinski definition) is 1. The number of benzene rings is 1. The van der Waals surface area contributed by atoms with Crippen molar-refractivity contribution in [2.75, 3.05) is 6.54 Å². The predicted octanol–water partition coefficient (Wildman–Crippen LogP) is 3.45. The largest absolute Gasteiger partial charge is 0.352 e. The molecule has 96 valence electrons. The normalized spacial score (nSPS) is 15.1. The quantitative estimate of drug-likeness (QED) is 0.811. The predicted molar refractivity (Wildman–Crippen MR) is 69.9 cm³/mol. The molecule has 1 aliphatic rings. The molecule has 0 saturated heterocycles. The first-order valence-electron chi connectivity index (χ1n) is 6.48. The Labute approximate surface area is 107 Å². The van der Waals surface area contributed by atoms with Crippen LogP contribution in [-0.2, 0) is 0 Å². The number of carbonyl (C=O) groups excluding carboxylic acids is 1. The van der Waals surface area contributed by atoms with E-state index >= 15 is 0 Å². The molecule has 1 N–H and O–H groups in total. The molecular weight excluding hydrogens is 229 g/mol. The van der Waals surface area contributed by atoms with Crippen LogP contribution in [0.15, 0.2) is 35.9 Å². The molecular formula is C15H18FNO. The Morgan fingerprint density at radius 2 is 2.11 bits per heavy atom. The summed E-state index contributed by atoms with van der Waals surface area (Å²) in [7, 11) is 0. The minimum Gasteiger partial charge on any atom is -0.352 e. The van der Waals surface area contributed by atoms with Gasteiger partial charge in [0.1, 0.15) is 5.82 Å². The third-order valence-electron chi connectivity index (χ3n) is 3.24. The van der Waals surface area contributed by atoms with E-state index in [9.17, 15) is 9.18 Å². The lowest BCUT2D eigenvalue weighted by Crippen LogP contribution is -2.25. The smallest absolute Gasteiger partial charge is 0.254 e. The second kappa shape index (κ2) is 6.34. The Kier molecular flexibility index (Phi) is 4.51. The van der Waals surface area contributed by atoms with Gasteiger partial charge in [-0.05, 0) is 44.2 Å². The molecule has 0 heterocycles. The maximum atomic E-state index is 13.3. The fourth-order valence-corrected chi connectivity index (χ4v) is 2.21. The van der Waals surface area contributed by atoms with Crippen LogP contribution in [-0.4, -0.2) is 12.5 Å². The second-order valence-corrected chi connectivity index (χ2v) is 4.59. The van der Waals surface area contributed by atoms with Crippen LogP contribution in [0, 0.1) is 5.82 Å². The van der Waals surface area contributed by atoms with Crippen molar-refractivity contribution in [1.29, 1.82) is 0 Å². The van der Waals surface area contributed by atoms with Gasteiger partial charge in [-0.1, -0.05) is 23.8 Å². The van der Waals surface area contributed by atoms with Gasteiger partial charge in [0.2, 0.25) is 0 Å². The molecule has 1 amide bonds. The third-order valence-corrected chi connectivity index (χ3v) is 3.24. The van der Waals surface area contributed by atoms with Crippen LogP contribution in [0.2, 0.25) is 0 Å². The van der Waals surface area contributed by atoms with Crippen LogP contribution < -0.4 is 5.32 Å². The Hall–Kier alpha value is -1.64. The number of halogens is 1. The van der Waals surface area contributed by atoms with E-state index in [1.165, 1.54) is 30.5 Å². The van der Waals surface area contributed by atoms with Gasteiger partial charge in [0.25, 0.3) is 5.91 Å². The van der Waals surface area contributed by atoms with Crippen molar-refractivity contribution >= 4 is 5.91 Å². The van der Waals surface area contributed by atoms with E-state index in [2.05, 4.69) is 11.4 Å². The van der Waals surface area contributed by atoms with E-state index in [1.807, 2.05) is 0 Å². The summed E-state index contributed by atoms with van der Waals surface area (Å²) in [6.07, 6.45) is 7.93. The molecule has 2 rings (SSSR count). The van der Waals surface area contributed by atoms with E-state index in [0.29, 0.717) is 6.54 Å². The Balaban J connectivity index is 1.82. The number of allylic oxidation sites excluding steroid dienone is 1. The van der Waals surface area contributed by atoms with Crippen LogP contribution in [0.3, 0.4) is 0 Å². The lowest BCUT2D eigenvalue weighted by molar-refractivity contribution is 0.0950. The molecule has 18 heavy (non-hydrogen) atoms. The highest BCUT2D eigenvalue weighted by Crippen LogP contribution is 2.19. The Morgan fingerprint density at radius 1 is 1.28 bits per heavy atom. The Bertz CT molecular complexity index is 454. The van der Waals surface area contributed by atoms with E-state index in [4.69, 9.17) is 0 Å². The molecule has 1 aromatic carbocycles. The highest BCUT2D eigenvalue weighted by atomic mass is 19.1. The highest BCUT2D eigenvalue weighted by molar-refractivity contribution is 5.94. The summed E-state index contributed by atoms with van der Waals surface area (Å²) in [5, 5.41) is 2.77. The first kappa shape index (κ1) is 12.8. The molecule has 1 aromatic rings. The molecule has 0 atom stereocenters. The van der Waals surface area contributed by atoms with Crippen LogP contribution in [0.4, 0.5) is 4.39 Å². The summed E-state index contributed by atoms with van der Waals surface area (Å²) in [6, 6.07) is 6.06. The highest BCUT2D eigenvalue weighted by Gasteiger charge is 2.10.